The van der Waals surface area contributed by atoms with Gasteiger partial charge in [0.2, 0.25) is 0 Å². The van der Waals surface area contributed by atoms with Crippen LogP contribution in [0.5, 0.6) is 0 Å². The second-order valence-corrected chi connectivity index (χ2v) is 3.80. The Morgan fingerprint density at radius 2 is 2.20 bits per heavy atom. The van der Waals surface area contributed by atoms with E-state index < -0.39 is 0 Å². The molecule has 0 saturated carbocycles. The lowest BCUT2D eigenvalue weighted by Crippen LogP contribution is -2.19. The number of pyridine rings is 1. The lowest BCUT2D eigenvalue weighted by Gasteiger charge is -2.09. The quantitative estimate of drug-likeness (QED) is 0.604. The predicted molar refractivity (Wildman–Crippen MR) is 57.7 cm³/mol. The fourth-order valence-electron chi connectivity index (χ4n) is 1.56. The molecular formula is C10H15N3O2. The van der Waals surface area contributed by atoms with Crippen LogP contribution >= 0.6 is 0 Å². The summed E-state index contributed by atoms with van der Waals surface area (Å²) in [5.41, 5.74) is 7.72. The summed E-state index contributed by atoms with van der Waals surface area (Å²) in [4.78, 5) is 14.6. The zero-order valence-corrected chi connectivity index (χ0v) is 9.15. The first-order valence-electron chi connectivity index (χ1n) is 4.78. The Labute approximate surface area is 88.5 Å². The van der Waals surface area contributed by atoms with E-state index >= 15 is 0 Å². The molecule has 0 spiro atoms. The fourth-order valence-corrected chi connectivity index (χ4v) is 1.56. The van der Waals surface area contributed by atoms with E-state index in [0.29, 0.717) is 23.2 Å². The lowest BCUT2D eigenvalue weighted by atomic mass is 10.0. The molecule has 1 aromatic heterocycles. The first-order valence-corrected chi connectivity index (χ1v) is 4.78. The third-order valence-electron chi connectivity index (χ3n) is 2.27. The molecule has 1 aromatic rings. The molecule has 0 bridgehead atoms. The summed E-state index contributed by atoms with van der Waals surface area (Å²) in [7, 11) is 0. The third-order valence-corrected chi connectivity index (χ3v) is 2.27. The van der Waals surface area contributed by atoms with Gasteiger partial charge in [0.05, 0.1) is 10.6 Å². The first-order chi connectivity index (χ1) is 6.93. The Hall–Kier alpha value is -1.49. The van der Waals surface area contributed by atoms with E-state index in [1.54, 1.807) is 13.8 Å². The van der Waals surface area contributed by atoms with E-state index in [1.807, 2.05) is 6.92 Å². The number of nitrogens with two attached hydrogens (primary N) is 1. The van der Waals surface area contributed by atoms with Gasteiger partial charge in [-0.25, -0.2) is 0 Å². The molecule has 0 fully saturated rings. The first kappa shape index (κ1) is 11.6. The third kappa shape index (κ3) is 2.50. The zero-order chi connectivity index (χ0) is 11.6. The van der Waals surface area contributed by atoms with Crippen LogP contribution in [0.15, 0.2) is 6.20 Å². The van der Waals surface area contributed by atoms with Gasteiger partial charge in [0.25, 0.3) is 5.69 Å². The average molecular weight is 209 g/mol. The van der Waals surface area contributed by atoms with Crippen molar-refractivity contribution in [1.29, 1.82) is 0 Å². The van der Waals surface area contributed by atoms with Crippen molar-refractivity contribution in [2.24, 2.45) is 5.73 Å². The molecule has 0 aliphatic rings. The highest BCUT2D eigenvalue weighted by molar-refractivity contribution is 5.47. The fraction of sp³-hybridized carbons (Fsp3) is 0.500. The van der Waals surface area contributed by atoms with Gasteiger partial charge in [0, 0.05) is 29.8 Å². The van der Waals surface area contributed by atoms with Crippen LogP contribution in [0, 0.1) is 24.0 Å². The molecule has 1 rings (SSSR count). The Morgan fingerprint density at radius 1 is 1.60 bits per heavy atom. The normalized spacial score (nSPS) is 12.5. The molecule has 82 valence electrons. The van der Waals surface area contributed by atoms with E-state index in [-0.39, 0.29) is 16.7 Å². The molecule has 0 saturated heterocycles. The van der Waals surface area contributed by atoms with Gasteiger partial charge in [-0.1, -0.05) is 0 Å². The van der Waals surface area contributed by atoms with Crippen molar-refractivity contribution in [3.63, 3.8) is 0 Å². The van der Waals surface area contributed by atoms with Gasteiger partial charge in [-0.15, -0.1) is 0 Å². The van der Waals surface area contributed by atoms with E-state index in [9.17, 15) is 10.1 Å². The highest BCUT2D eigenvalue weighted by Gasteiger charge is 2.18. The van der Waals surface area contributed by atoms with E-state index in [0.717, 1.165) is 0 Å². The Bertz CT molecular complexity index is 388. The highest BCUT2D eigenvalue weighted by atomic mass is 16.6. The lowest BCUT2D eigenvalue weighted by molar-refractivity contribution is -0.386. The van der Waals surface area contributed by atoms with Gasteiger partial charge in [-0.2, -0.15) is 0 Å². The molecule has 1 unspecified atom stereocenters. The molecule has 0 radical (unpaired) electrons. The van der Waals surface area contributed by atoms with Gasteiger partial charge in [0.1, 0.15) is 0 Å². The standard InChI is InChI=1S/C10H15N3O2/c1-6-5-12-9(4-7(2)11)8(3)10(6)13(14)15/h5,7H,4,11H2,1-3H3. The predicted octanol–water partition coefficient (Wildman–Crippen LogP) is 1.50. The highest BCUT2D eigenvalue weighted by Crippen LogP contribution is 2.24. The molecule has 5 nitrogen and oxygen atoms in total. The molecule has 15 heavy (non-hydrogen) atoms. The Morgan fingerprint density at radius 3 is 2.67 bits per heavy atom. The average Bonchev–Trinajstić information content (AvgIpc) is 2.09. The summed E-state index contributed by atoms with van der Waals surface area (Å²) >= 11 is 0. The van der Waals surface area contributed by atoms with Crippen molar-refractivity contribution in [2.75, 3.05) is 0 Å². The van der Waals surface area contributed by atoms with Gasteiger partial charge in [-0.05, 0) is 20.8 Å². The van der Waals surface area contributed by atoms with Gasteiger partial charge < -0.3 is 5.73 Å². The maximum absolute atomic E-state index is 10.8. The van der Waals surface area contributed by atoms with Gasteiger partial charge in [-0.3, -0.25) is 15.1 Å². The van der Waals surface area contributed by atoms with E-state index in [4.69, 9.17) is 5.73 Å². The van der Waals surface area contributed by atoms with Crippen LogP contribution in [0.4, 0.5) is 5.69 Å². The zero-order valence-electron chi connectivity index (χ0n) is 9.15. The van der Waals surface area contributed by atoms with Crippen LogP contribution in [-0.4, -0.2) is 15.9 Å². The minimum Gasteiger partial charge on any atom is -0.328 e. The molecule has 0 amide bonds. The number of nitrogens with zero attached hydrogens (tertiary/aromatic N) is 2. The molecular weight excluding hydrogens is 194 g/mol. The van der Waals surface area contributed by atoms with Gasteiger partial charge in [0.15, 0.2) is 0 Å². The van der Waals surface area contributed by atoms with Crippen LogP contribution in [0.25, 0.3) is 0 Å². The molecule has 1 atom stereocenters. The number of hydrogen-bond donors (Lipinski definition) is 1. The summed E-state index contributed by atoms with van der Waals surface area (Å²) in [6.45, 7) is 5.26. The summed E-state index contributed by atoms with van der Waals surface area (Å²) in [6, 6.07) is -0.0430. The summed E-state index contributed by atoms with van der Waals surface area (Å²) in [5, 5.41) is 10.8. The van der Waals surface area contributed by atoms with Crippen LogP contribution in [0.3, 0.4) is 0 Å². The molecule has 1 heterocycles. The van der Waals surface area contributed by atoms with Crippen LogP contribution in [0.2, 0.25) is 0 Å². The van der Waals surface area contributed by atoms with E-state index in [2.05, 4.69) is 4.98 Å². The molecule has 5 heteroatoms. The second kappa shape index (κ2) is 4.35. The van der Waals surface area contributed by atoms with Crippen LogP contribution in [0.1, 0.15) is 23.7 Å². The Balaban J connectivity index is 3.22. The number of aryl methyl sites for hydroxylation is 1. The minimum absolute atomic E-state index is 0.0430. The summed E-state index contributed by atoms with van der Waals surface area (Å²) < 4.78 is 0. The maximum atomic E-state index is 10.8. The van der Waals surface area contributed by atoms with Crippen molar-refractivity contribution in [3.8, 4) is 0 Å². The smallest absolute Gasteiger partial charge is 0.278 e. The van der Waals surface area contributed by atoms with Crippen molar-refractivity contribution in [1.82, 2.24) is 4.98 Å². The molecule has 2 N–H and O–H groups in total. The molecule has 0 aromatic carbocycles. The van der Waals surface area contributed by atoms with E-state index in [1.165, 1.54) is 6.20 Å². The van der Waals surface area contributed by atoms with Crippen molar-refractivity contribution >= 4 is 5.69 Å². The number of hydrogen-bond acceptors (Lipinski definition) is 4. The number of rotatable bonds is 3. The van der Waals surface area contributed by atoms with Gasteiger partial charge >= 0.3 is 0 Å². The van der Waals surface area contributed by atoms with Crippen LogP contribution < -0.4 is 5.73 Å². The molecule has 0 aliphatic carbocycles. The molecule has 0 aliphatic heterocycles. The second-order valence-electron chi connectivity index (χ2n) is 3.80. The minimum atomic E-state index is -0.364. The topological polar surface area (TPSA) is 82.0 Å². The monoisotopic (exact) mass is 209 g/mol. The van der Waals surface area contributed by atoms with Crippen molar-refractivity contribution in [2.45, 2.75) is 33.2 Å². The van der Waals surface area contributed by atoms with Crippen molar-refractivity contribution in [3.05, 3.63) is 33.1 Å². The Kier molecular flexibility index (Phi) is 3.36. The van der Waals surface area contributed by atoms with Crippen molar-refractivity contribution < 1.29 is 4.92 Å². The summed E-state index contributed by atoms with van der Waals surface area (Å²) in [6.07, 6.45) is 2.09. The largest absolute Gasteiger partial charge is 0.328 e. The number of nitro groups is 1. The summed E-state index contributed by atoms with van der Waals surface area (Å²) in [5.74, 6) is 0. The number of aromatic nitrogens is 1. The van der Waals surface area contributed by atoms with Crippen LogP contribution in [-0.2, 0) is 6.42 Å². The SMILES string of the molecule is Cc1cnc(CC(C)N)c(C)c1[N+](=O)[O-]. The maximum Gasteiger partial charge on any atom is 0.278 e.